The zero-order valence-corrected chi connectivity index (χ0v) is 16.8. The van der Waals surface area contributed by atoms with Gasteiger partial charge in [-0.2, -0.15) is 0 Å². The molecule has 2 amide bonds. The van der Waals surface area contributed by atoms with Gasteiger partial charge in [-0.15, -0.1) is 11.3 Å². The van der Waals surface area contributed by atoms with E-state index in [-0.39, 0.29) is 11.8 Å². The van der Waals surface area contributed by atoms with Gasteiger partial charge in [-0.05, 0) is 26.0 Å². The number of carbonyl (C=O) groups is 2. The lowest BCUT2D eigenvalue weighted by molar-refractivity contribution is -1.02. The Morgan fingerprint density at radius 1 is 1.19 bits per heavy atom. The number of thiazole rings is 1. The van der Waals surface area contributed by atoms with Gasteiger partial charge in [0.2, 0.25) is 5.91 Å². The number of piperazine rings is 1. The van der Waals surface area contributed by atoms with E-state index in [0.717, 1.165) is 38.2 Å². The summed E-state index contributed by atoms with van der Waals surface area (Å²) in [5, 5.41) is 6.70. The molecule has 1 fully saturated rings. The van der Waals surface area contributed by atoms with E-state index in [1.165, 1.54) is 19.5 Å². The summed E-state index contributed by atoms with van der Waals surface area (Å²) in [6.07, 6.45) is 0. The number of para-hydroxylation sites is 1. The first-order valence-corrected chi connectivity index (χ1v) is 10.5. The quantitative estimate of drug-likeness (QED) is 0.451. The molecule has 0 aliphatic carbocycles. The summed E-state index contributed by atoms with van der Waals surface area (Å²) >= 11 is 1.78. The van der Waals surface area contributed by atoms with Crippen molar-refractivity contribution in [3.63, 3.8) is 0 Å². The third-order valence-electron chi connectivity index (χ3n) is 4.94. The number of hydrogen-bond acceptors (Lipinski definition) is 4. The molecular formula is C19H29N5O2S+2. The van der Waals surface area contributed by atoms with Crippen molar-refractivity contribution < 1.29 is 19.4 Å². The molecule has 0 radical (unpaired) electrons. The van der Waals surface area contributed by atoms with Crippen molar-refractivity contribution in [3.8, 4) is 0 Å². The average molecular weight is 392 g/mol. The summed E-state index contributed by atoms with van der Waals surface area (Å²) in [7, 11) is 0. The third-order valence-corrected chi connectivity index (χ3v) is 5.97. The Bertz CT molecular complexity index is 752. The topological polar surface area (TPSA) is 80.0 Å². The first kappa shape index (κ1) is 19.7. The van der Waals surface area contributed by atoms with Crippen LogP contribution in [0.15, 0.2) is 24.3 Å². The van der Waals surface area contributed by atoms with E-state index in [9.17, 15) is 9.59 Å². The van der Waals surface area contributed by atoms with Crippen LogP contribution in [0.2, 0.25) is 0 Å². The second kappa shape index (κ2) is 9.25. The normalized spacial score (nSPS) is 21.0. The number of nitrogens with one attached hydrogen (secondary N) is 4. The van der Waals surface area contributed by atoms with Gasteiger partial charge >= 0.3 is 0 Å². The number of nitrogens with zero attached hydrogens (tertiary/aromatic N) is 1. The molecule has 1 atom stereocenters. The molecule has 1 aromatic carbocycles. The summed E-state index contributed by atoms with van der Waals surface area (Å²) in [4.78, 5) is 31.4. The summed E-state index contributed by atoms with van der Waals surface area (Å²) in [5.74, 6) is -0.190. The van der Waals surface area contributed by atoms with Gasteiger partial charge in [0.1, 0.15) is 43.8 Å². The Balaban J connectivity index is 1.42. The molecule has 0 saturated carbocycles. The molecule has 1 aromatic heterocycles. The van der Waals surface area contributed by atoms with Crippen molar-refractivity contribution in [3.05, 3.63) is 29.3 Å². The first-order chi connectivity index (χ1) is 13.0. The number of benzene rings is 1. The van der Waals surface area contributed by atoms with Gasteiger partial charge in [0.05, 0.1) is 10.2 Å². The number of fused-ring (bicyclic) bond motifs is 1. The molecule has 8 heteroatoms. The van der Waals surface area contributed by atoms with Crippen LogP contribution in [-0.4, -0.2) is 62.1 Å². The number of likely N-dealkylation sites (N-methyl/N-ethyl adjacent to an activating group) is 1. The van der Waals surface area contributed by atoms with E-state index in [1.807, 2.05) is 13.0 Å². The van der Waals surface area contributed by atoms with Crippen LogP contribution in [0.1, 0.15) is 18.9 Å². The molecule has 7 nitrogen and oxygen atoms in total. The minimum Gasteiger partial charge on any atom is -0.355 e. The maximum atomic E-state index is 12.2. The van der Waals surface area contributed by atoms with Gasteiger partial charge in [-0.1, -0.05) is 12.1 Å². The highest BCUT2D eigenvalue weighted by molar-refractivity contribution is 7.18. The summed E-state index contributed by atoms with van der Waals surface area (Å²) in [5.41, 5.74) is 1.08. The average Bonchev–Trinajstić information content (AvgIpc) is 3.05. The van der Waals surface area contributed by atoms with Gasteiger partial charge < -0.3 is 20.4 Å². The molecular weight excluding hydrogens is 362 g/mol. The van der Waals surface area contributed by atoms with Gasteiger partial charge in [0, 0.05) is 6.54 Å². The summed E-state index contributed by atoms with van der Waals surface area (Å²) in [6.45, 7) is 9.53. The van der Waals surface area contributed by atoms with Crippen LogP contribution in [0.25, 0.3) is 10.2 Å². The summed E-state index contributed by atoms with van der Waals surface area (Å²) in [6, 6.07) is 7.78. The van der Waals surface area contributed by atoms with E-state index in [4.69, 9.17) is 4.98 Å². The highest BCUT2D eigenvalue weighted by Crippen LogP contribution is 2.20. The van der Waals surface area contributed by atoms with E-state index in [2.05, 4.69) is 28.8 Å². The molecule has 4 N–H and O–H groups in total. The Morgan fingerprint density at radius 3 is 2.59 bits per heavy atom. The zero-order valence-electron chi connectivity index (χ0n) is 16.0. The van der Waals surface area contributed by atoms with Crippen molar-refractivity contribution in [2.24, 2.45) is 0 Å². The molecule has 0 unspecified atom stereocenters. The fourth-order valence-corrected chi connectivity index (χ4v) is 4.47. The SMILES string of the molecule is CCNC(=O)[C@@H](C)NC(=O)C[NH+]1CC[NH+](Cc2nc3ccccc3s2)CC1. The third kappa shape index (κ3) is 5.47. The van der Waals surface area contributed by atoms with Crippen LogP contribution in [0.4, 0.5) is 0 Å². The monoisotopic (exact) mass is 391 g/mol. The van der Waals surface area contributed by atoms with Gasteiger partial charge in [-0.25, -0.2) is 4.98 Å². The van der Waals surface area contributed by atoms with E-state index in [0.29, 0.717) is 13.1 Å². The van der Waals surface area contributed by atoms with E-state index >= 15 is 0 Å². The number of amides is 2. The fourth-order valence-electron chi connectivity index (χ4n) is 3.43. The van der Waals surface area contributed by atoms with Crippen LogP contribution in [0, 0.1) is 0 Å². The fraction of sp³-hybridized carbons (Fsp3) is 0.526. The Morgan fingerprint density at radius 2 is 1.89 bits per heavy atom. The molecule has 2 heterocycles. The molecule has 27 heavy (non-hydrogen) atoms. The number of rotatable bonds is 7. The predicted molar refractivity (Wildman–Crippen MR) is 106 cm³/mol. The second-order valence-corrected chi connectivity index (χ2v) is 8.23. The Kier molecular flexibility index (Phi) is 6.76. The van der Waals surface area contributed by atoms with Crippen molar-refractivity contribution in [2.45, 2.75) is 26.4 Å². The lowest BCUT2D eigenvalue weighted by Gasteiger charge is -2.29. The standard InChI is InChI=1S/C19H27N5O2S/c1-3-20-19(26)14(2)21-17(25)12-23-8-10-24(11-9-23)13-18-22-15-6-4-5-7-16(15)27-18/h4-7,14H,3,8-13H2,1-2H3,(H,20,26)(H,21,25)/p+2/t14-/m1/s1. The lowest BCUT2D eigenvalue weighted by Crippen LogP contribution is -3.28. The lowest BCUT2D eigenvalue weighted by atomic mass is 10.3. The van der Waals surface area contributed by atoms with Crippen molar-refractivity contribution in [1.82, 2.24) is 15.6 Å². The highest BCUT2D eigenvalue weighted by atomic mass is 32.1. The van der Waals surface area contributed by atoms with Gasteiger partial charge in [0.25, 0.3) is 5.91 Å². The minimum absolute atomic E-state index is 0.0571. The number of aromatic nitrogens is 1. The van der Waals surface area contributed by atoms with E-state index in [1.54, 1.807) is 18.3 Å². The van der Waals surface area contributed by atoms with Gasteiger partial charge in [0.15, 0.2) is 6.54 Å². The minimum atomic E-state index is -0.484. The Hall–Kier alpha value is -2.03. The molecule has 1 saturated heterocycles. The smallest absolute Gasteiger partial charge is 0.275 e. The molecule has 3 rings (SSSR count). The van der Waals surface area contributed by atoms with Crippen LogP contribution >= 0.6 is 11.3 Å². The predicted octanol–water partition coefficient (Wildman–Crippen LogP) is -1.78. The molecule has 0 bridgehead atoms. The first-order valence-electron chi connectivity index (χ1n) is 9.63. The van der Waals surface area contributed by atoms with Crippen LogP contribution in [0.3, 0.4) is 0 Å². The molecule has 1 aliphatic heterocycles. The molecule has 2 aromatic rings. The number of hydrogen-bond donors (Lipinski definition) is 4. The number of quaternary nitrogens is 2. The molecule has 0 spiro atoms. The van der Waals surface area contributed by atoms with Crippen LogP contribution < -0.4 is 20.4 Å². The van der Waals surface area contributed by atoms with Crippen molar-refractivity contribution >= 4 is 33.4 Å². The highest BCUT2D eigenvalue weighted by Gasteiger charge is 2.26. The largest absolute Gasteiger partial charge is 0.355 e. The zero-order chi connectivity index (χ0) is 19.2. The van der Waals surface area contributed by atoms with Gasteiger partial charge in [-0.3, -0.25) is 9.59 Å². The maximum Gasteiger partial charge on any atom is 0.275 e. The summed E-state index contributed by atoms with van der Waals surface area (Å²) < 4.78 is 1.24. The maximum absolute atomic E-state index is 12.2. The van der Waals surface area contributed by atoms with E-state index < -0.39 is 6.04 Å². The Labute approximate surface area is 163 Å². The number of carbonyl (C=O) groups excluding carboxylic acids is 2. The molecule has 1 aliphatic rings. The van der Waals surface area contributed by atoms with Crippen LogP contribution in [-0.2, 0) is 16.1 Å². The van der Waals surface area contributed by atoms with Crippen molar-refractivity contribution in [2.75, 3.05) is 39.3 Å². The second-order valence-electron chi connectivity index (χ2n) is 7.11. The van der Waals surface area contributed by atoms with Crippen LogP contribution in [0.5, 0.6) is 0 Å². The van der Waals surface area contributed by atoms with Crippen molar-refractivity contribution in [1.29, 1.82) is 0 Å². The molecule has 146 valence electrons.